The van der Waals surface area contributed by atoms with Crippen LogP contribution < -0.4 is 14.5 Å². The van der Waals surface area contributed by atoms with E-state index < -0.39 is 29.2 Å². The number of carboxylic acid groups (broad SMARTS) is 1. The highest BCUT2D eigenvalue weighted by Crippen LogP contribution is 2.33. The van der Waals surface area contributed by atoms with Crippen molar-refractivity contribution < 1.29 is 27.9 Å². The van der Waals surface area contributed by atoms with Gasteiger partial charge in [0.15, 0.2) is 5.76 Å². The van der Waals surface area contributed by atoms with Crippen LogP contribution in [0.4, 0.5) is 17.1 Å². The summed E-state index contributed by atoms with van der Waals surface area (Å²) in [6.07, 6.45) is 0. The largest absolute Gasteiger partial charge is 0.755 e. The molecule has 3 aromatic carbocycles. The van der Waals surface area contributed by atoms with E-state index in [-0.39, 0.29) is 17.4 Å². The zero-order valence-corrected chi connectivity index (χ0v) is 23.1. The van der Waals surface area contributed by atoms with Gasteiger partial charge in [-0.2, -0.15) is 0 Å². The molecule has 0 bridgehead atoms. The summed E-state index contributed by atoms with van der Waals surface area (Å²) in [5.74, 6) is -1.75. The fourth-order valence-corrected chi connectivity index (χ4v) is 5.41. The Bertz CT molecular complexity index is 1530. The molecule has 2 unspecified atom stereocenters. The lowest BCUT2D eigenvalue weighted by molar-refractivity contribution is -0.139. The van der Waals surface area contributed by atoms with Crippen molar-refractivity contribution in [3.63, 3.8) is 0 Å². The minimum atomic E-state index is -2.76. The molecule has 39 heavy (non-hydrogen) atoms. The molecule has 0 fully saturated rings. The number of aliphatic carboxylic acids is 1. The predicted octanol–water partition coefficient (Wildman–Crippen LogP) is 5.44. The van der Waals surface area contributed by atoms with E-state index in [1.165, 1.54) is 0 Å². The highest BCUT2D eigenvalue weighted by atomic mass is 32.2. The van der Waals surface area contributed by atoms with Gasteiger partial charge in [0.2, 0.25) is 0 Å². The molecule has 4 aromatic rings. The Morgan fingerprint density at radius 2 is 1.56 bits per heavy atom. The minimum Gasteiger partial charge on any atom is -0.755 e. The normalized spacial score (nSPS) is 12.8. The maximum atomic E-state index is 13.0. The second kappa shape index (κ2) is 11.3. The summed E-state index contributed by atoms with van der Waals surface area (Å²) in [6.45, 7) is 5.18. The Labute approximate surface area is 229 Å². The SMILES string of the molecule is Cc1c(C(=O)Nc2ccc(-c3ccc(N(C(C(=O)O)C(C)C)S(=O)[O-])cc3)cc2)oc2cccc(N(C)C)c12. The molecule has 0 aliphatic rings. The van der Waals surface area contributed by atoms with Crippen LogP contribution in [0.15, 0.2) is 71.1 Å². The fourth-order valence-electron chi connectivity index (χ4n) is 4.60. The number of benzene rings is 3. The van der Waals surface area contributed by atoms with Gasteiger partial charge in [0, 0.05) is 53.4 Å². The monoisotopic (exact) mass is 548 g/mol. The summed E-state index contributed by atoms with van der Waals surface area (Å²) in [6, 6.07) is 18.3. The molecule has 10 heteroatoms. The van der Waals surface area contributed by atoms with Crippen molar-refractivity contribution in [3.05, 3.63) is 78.1 Å². The van der Waals surface area contributed by atoms with Gasteiger partial charge < -0.3 is 24.3 Å². The summed E-state index contributed by atoms with van der Waals surface area (Å²) in [5, 5.41) is 13.3. The van der Waals surface area contributed by atoms with Crippen LogP contribution in [0.3, 0.4) is 0 Å². The number of carbonyl (C=O) groups is 2. The average molecular weight is 549 g/mol. The molecular formula is C29H30N3O6S-. The fraction of sp³-hybridized carbons (Fsp3) is 0.241. The van der Waals surface area contributed by atoms with Crippen LogP contribution in [0.2, 0.25) is 0 Å². The van der Waals surface area contributed by atoms with E-state index in [1.807, 2.05) is 56.3 Å². The Hall–Kier alpha value is -4.15. The van der Waals surface area contributed by atoms with E-state index in [1.54, 1.807) is 50.2 Å². The molecule has 1 aromatic heterocycles. The summed E-state index contributed by atoms with van der Waals surface area (Å²) in [5.41, 5.74) is 4.86. The number of anilines is 3. The number of fused-ring (bicyclic) bond motifs is 1. The number of rotatable bonds is 9. The van der Waals surface area contributed by atoms with Crippen molar-refractivity contribution in [2.75, 3.05) is 28.6 Å². The predicted molar refractivity (Wildman–Crippen MR) is 153 cm³/mol. The summed E-state index contributed by atoms with van der Waals surface area (Å²) < 4.78 is 30.5. The third-order valence-corrected chi connectivity index (χ3v) is 7.27. The Morgan fingerprint density at radius 1 is 0.974 bits per heavy atom. The molecule has 0 saturated heterocycles. The van der Waals surface area contributed by atoms with E-state index in [9.17, 15) is 23.5 Å². The van der Waals surface area contributed by atoms with Crippen LogP contribution in [0.1, 0.15) is 30.0 Å². The van der Waals surface area contributed by atoms with Crippen molar-refractivity contribution >= 4 is 51.2 Å². The van der Waals surface area contributed by atoms with Gasteiger partial charge in [0.05, 0.1) is 0 Å². The quantitative estimate of drug-likeness (QED) is 0.267. The summed E-state index contributed by atoms with van der Waals surface area (Å²) in [7, 11) is 3.88. The average Bonchev–Trinajstić information content (AvgIpc) is 3.23. The lowest BCUT2D eigenvalue weighted by Crippen LogP contribution is -2.45. The number of hydrogen-bond donors (Lipinski definition) is 2. The van der Waals surface area contributed by atoms with Crippen LogP contribution >= 0.6 is 0 Å². The number of nitrogens with zero attached hydrogens (tertiary/aromatic N) is 2. The third kappa shape index (κ3) is 5.67. The van der Waals surface area contributed by atoms with Gasteiger partial charge >= 0.3 is 5.97 Å². The first-order valence-electron chi connectivity index (χ1n) is 12.3. The van der Waals surface area contributed by atoms with Crippen LogP contribution in [0.5, 0.6) is 0 Å². The van der Waals surface area contributed by atoms with Crippen molar-refractivity contribution in [2.45, 2.75) is 26.8 Å². The lowest BCUT2D eigenvalue weighted by atomic mass is 10.0. The number of carbonyl (C=O) groups excluding carboxylic acids is 1. The second-order valence-electron chi connectivity index (χ2n) is 9.75. The van der Waals surface area contributed by atoms with Crippen LogP contribution in [-0.4, -0.2) is 45.9 Å². The molecule has 9 nitrogen and oxygen atoms in total. The molecule has 2 atom stereocenters. The smallest absolute Gasteiger partial charge is 0.327 e. The van der Waals surface area contributed by atoms with E-state index in [2.05, 4.69) is 5.32 Å². The van der Waals surface area contributed by atoms with Crippen molar-refractivity contribution in [1.29, 1.82) is 0 Å². The number of carboxylic acids is 1. The lowest BCUT2D eigenvalue weighted by Gasteiger charge is -2.34. The van der Waals surface area contributed by atoms with Crippen molar-refractivity contribution in [2.24, 2.45) is 5.92 Å². The van der Waals surface area contributed by atoms with Gasteiger partial charge in [0.25, 0.3) is 5.91 Å². The van der Waals surface area contributed by atoms with E-state index in [4.69, 9.17) is 4.42 Å². The highest BCUT2D eigenvalue weighted by Gasteiger charge is 2.30. The van der Waals surface area contributed by atoms with Gasteiger partial charge in [-0.05, 0) is 60.4 Å². The van der Waals surface area contributed by atoms with Crippen molar-refractivity contribution in [1.82, 2.24) is 0 Å². The second-order valence-corrected chi connectivity index (χ2v) is 10.6. The number of aryl methyl sites for hydroxylation is 1. The summed E-state index contributed by atoms with van der Waals surface area (Å²) >= 11 is -2.76. The van der Waals surface area contributed by atoms with Crippen molar-refractivity contribution in [3.8, 4) is 11.1 Å². The van der Waals surface area contributed by atoms with E-state index in [0.29, 0.717) is 11.3 Å². The van der Waals surface area contributed by atoms with Gasteiger partial charge in [0.1, 0.15) is 11.6 Å². The Balaban J connectivity index is 1.53. The van der Waals surface area contributed by atoms with Crippen LogP contribution in [-0.2, 0) is 16.1 Å². The molecular weight excluding hydrogens is 518 g/mol. The Kier molecular flexibility index (Phi) is 8.08. The number of hydrogen-bond acceptors (Lipinski definition) is 6. The molecule has 2 N–H and O–H groups in total. The molecule has 0 radical (unpaired) electrons. The minimum absolute atomic E-state index is 0.250. The topological polar surface area (TPSA) is 126 Å². The zero-order chi connectivity index (χ0) is 28.4. The van der Waals surface area contributed by atoms with E-state index >= 15 is 0 Å². The standard InChI is InChI=1S/C29H31N3O6S/c1-17(2)26(29(34)35)32(39(36)37)22-15-11-20(12-16-22)19-9-13-21(14-10-19)30-28(33)27-18(3)25-23(31(4)5)7-6-8-24(25)38-27/h6-17,26H,1-5H3,(H,30,33)(H,34,35)(H,36,37)/p-1. The molecule has 1 amide bonds. The maximum Gasteiger partial charge on any atom is 0.327 e. The zero-order valence-electron chi connectivity index (χ0n) is 22.3. The number of furan rings is 1. The van der Waals surface area contributed by atoms with Gasteiger partial charge in [-0.25, -0.2) is 4.79 Å². The van der Waals surface area contributed by atoms with Gasteiger partial charge in [-0.1, -0.05) is 44.2 Å². The maximum absolute atomic E-state index is 13.0. The molecule has 0 spiro atoms. The van der Waals surface area contributed by atoms with E-state index in [0.717, 1.165) is 32.1 Å². The third-order valence-electron chi connectivity index (χ3n) is 6.52. The molecule has 204 valence electrons. The molecule has 0 saturated carbocycles. The number of nitrogens with one attached hydrogen (secondary N) is 1. The van der Waals surface area contributed by atoms with Gasteiger partial charge in [-0.3, -0.25) is 13.3 Å². The molecule has 4 rings (SSSR count). The first-order chi connectivity index (χ1) is 18.5. The van der Waals surface area contributed by atoms with Crippen LogP contribution in [0.25, 0.3) is 22.1 Å². The first-order valence-corrected chi connectivity index (χ1v) is 13.4. The summed E-state index contributed by atoms with van der Waals surface area (Å²) in [4.78, 5) is 26.7. The van der Waals surface area contributed by atoms with Crippen LogP contribution in [0, 0.1) is 12.8 Å². The molecule has 0 aliphatic heterocycles. The highest BCUT2D eigenvalue weighted by molar-refractivity contribution is 7.80. The molecule has 1 heterocycles. The van der Waals surface area contributed by atoms with Gasteiger partial charge in [-0.15, -0.1) is 0 Å². The first kappa shape index (κ1) is 27.9. The number of amides is 1. The Morgan fingerprint density at radius 3 is 2.08 bits per heavy atom. The molecule has 0 aliphatic carbocycles.